The van der Waals surface area contributed by atoms with Gasteiger partial charge in [-0.3, -0.25) is 4.79 Å². The molecule has 0 aromatic heterocycles. The lowest BCUT2D eigenvalue weighted by Gasteiger charge is -2.19. The molecule has 0 amide bonds. The van der Waals surface area contributed by atoms with Gasteiger partial charge in [0.2, 0.25) is 0 Å². The molecular formula is C20H38O5. The van der Waals surface area contributed by atoms with Crippen molar-refractivity contribution in [3.05, 3.63) is 0 Å². The van der Waals surface area contributed by atoms with Crippen LogP contribution < -0.4 is 0 Å². The van der Waals surface area contributed by atoms with Gasteiger partial charge in [0.15, 0.2) is 0 Å². The summed E-state index contributed by atoms with van der Waals surface area (Å²) >= 11 is 0. The molecule has 0 spiro atoms. The van der Waals surface area contributed by atoms with E-state index in [1.54, 1.807) is 0 Å². The Morgan fingerprint density at radius 1 is 1.12 bits per heavy atom. The van der Waals surface area contributed by atoms with Crippen molar-refractivity contribution in [1.82, 2.24) is 0 Å². The quantitative estimate of drug-likeness (QED) is 0.427. The zero-order chi connectivity index (χ0) is 18.5. The zero-order valence-electron chi connectivity index (χ0n) is 16.1. The number of carboxylic acid groups (broad SMARTS) is 1. The van der Waals surface area contributed by atoms with E-state index in [0.29, 0.717) is 6.61 Å². The number of aliphatic hydroxyl groups excluding tert-OH is 1. The number of ether oxygens (including phenoxy) is 2. The van der Waals surface area contributed by atoms with Crippen LogP contribution in [-0.4, -0.2) is 47.2 Å². The molecule has 148 valence electrons. The highest BCUT2D eigenvalue weighted by Gasteiger charge is 2.38. The Morgan fingerprint density at radius 3 is 2.52 bits per heavy atom. The van der Waals surface area contributed by atoms with Crippen molar-refractivity contribution in [2.45, 2.75) is 115 Å². The topological polar surface area (TPSA) is 76.0 Å². The first kappa shape index (κ1) is 22.4. The Bertz CT molecular complexity index is 347. The van der Waals surface area contributed by atoms with Crippen LogP contribution in [0.5, 0.6) is 0 Å². The van der Waals surface area contributed by atoms with Gasteiger partial charge >= 0.3 is 5.97 Å². The van der Waals surface area contributed by atoms with E-state index in [1.165, 1.54) is 12.8 Å². The molecule has 1 fully saturated rings. The van der Waals surface area contributed by atoms with Crippen molar-refractivity contribution in [3.63, 3.8) is 0 Å². The van der Waals surface area contributed by atoms with Crippen LogP contribution in [0.3, 0.4) is 0 Å². The highest BCUT2D eigenvalue weighted by Crippen LogP contribution is 2.30. The number of hydrogen-bond donors (Lipinski definition) is 2. The molecule has 4 unspecified atom stereocenters. The van der Waals surface area contributed by atoms with Gasteiger partial charge in [0.1, 0.15) is 0 Å². The fourth-order valence-electron chi connectivity index (χ4n) is 3.58. The SMILES string of the molecule is CCCCCC1OC(C(O)CCCCCCCC(=O)O)CC1OCC. The standard InChI is InChI=1S/C20H38O5/c1-3-5-9-13-17-19(24-4-2)15-18(25-17)16(21)12-10-7-6-8-11-14-20(22)23/h16-19,21H,3-15H2,1-2H3,(H,22,23). The normalized spacial score (nSPS) is 24.5. The second-order valence-electron chi connectivity index (χ2n) is 7.21. The lowest BCUT2D eigenvalue weighted by Crippen LogP contribution is -2.26. The Hall–Kier alpha value is -0.650. The van der Waals surface area contributed by atoms with E-state index in [4.69, 9.17) is 14.6 Å². The summed E-state index contributed by atoms with van der Waals surface area (Å²) in [7, 11) is 0. The van der Waals surface area contributed by atoms with Gasteiger partial charge in [0, 0.05) is 19.4 Å². The average molecular weight is 359 g/mol. The molecule has 1 aliphatic heterocycles. The monoisotopic (exact) mass is 358 g/mol. The lowest BCUT2D eigenvalue weighted by atomic mass is 10.00. The van der Waals surface area contributed by atoms with Crippen LogP contribution in [0.15, 0.2) is 0 Å². The first-order chi connectivity index (χ1) is 12.1. The highest BCUT2D eigenvalue weighted by atomic mass is 16.6. The van der Waals surface area contributed by atoms with Crippen molar-refractivity contribution < 1.29 is 24.5 Å². The van der Waals surface area contributed by atoms with Crippen LogP contribution in [0, 0.1) is 0 Å². The van der Waals surface area contributed by atoms with Gasteiger partial charge in [-0.2, -0.15) is 0 Å². The molecule has 1 saturated heterocycles. The summed E-state index contributed by atoms with van der Waals surface area (Å²) in [4.78, 5) is 10.4. The minimum Gasteiger partial charge on any atom is -0.481 e. The summed E-state index contributed by atoms with van der Waals surface area (Å²) in [6.45, 7) is 4.90. The molecule has 5 heteroatoms. The van der Waals surface area contributed by atoms with Crippen molar-refractivity contribution in [1.29, 1.82) is 0 Å². The summed E-state index contributed by atoms with van der Waals surface area (Å²) in [5, 5.41) is 19.0. The first-order valence-corrected chi connectivity index (χ1v) is 10.2. The molecule has 0 aromatic rings. The molecule has 0 bridgehead atoms. The molecule has 5 nitrogen and oxygen atoms in total. The Morgan fingerprint density at radius 2 is 1.84 bits per heavy atom. The number of unbranched alkanes of at least 4 members (excludes halogenated alkanes) is 6. The molecule has 1 aliphatic rings. The van der Waals surface area contributed by atoms with E-state index in [9.17, 15) is 9.90 Å². The summed E-state index contributed by atoms with van der Waals surface area (Å²) in [6, 6.07) is 0. The Kier molecular flexibility index (Phi) is 12.1. The Labute approximate surface area is 153 Å². The number of carboxylic acids is 1. The molecule has 2 N–H and O–H groups in total. The van der Waals surface area contributed by atoms with E-state index < -0.39 is 12.1 Å². The number of aliphatic carboxylic acids is 1. The van der Waals surface area contributed by atoms with E-state index in [2.05, 4.69) is 6.92 Å². The third kappa shape index (κ3) is 9.57. The van der Waals surface area contributed by atoms with Crippen LogP contribution in [0.1, 0.15) is 90.9 Å². The molecular weight excluding hydrogens is 320 g/mol. The smallest absolute Gasteiger partial charge is 0.303 e. The van der Waals surface area contributed by atoms with Crippen LogP contribution in [0.25, 0.3) is 0 Å². The maximum absolute atomic E-state index is 10.4. The Balaban J connectivity index is 2.21. The highest BCUT2D eigenvalue weighted by molar-refractivity contribution is 5.66. The van der Waals surface area contributed by atoms with Crippen molar-refractivity contribution in [3.8, 4) is 0 Å². The van der Waals surface area contributed by atoms with Gasteiger partial charge in [-0.05, 0) is 26.2 Å². The van der Waals surface area contributed by atoms with Crippen LogP contribution >= 0.6 is 0 Å². The zero-order valence-corrected chi connectivity index (χ0v) is 16.1. The second-order valence-corrected chi connectivity index (χ2v) is 7.21. The summed E-state index contributed by atoms with van der Waals surface area (Å²) < 4.78 is 11.9. The van der Waals surface area contributed by atoms with Gasteiger partial charge in [0.05, 0.1) is 24.4 Å². The third-order valence-electron chi connectivity index (χ3n) is 5.02. The molecule has 0 saturated carbocycles. The maximum atomic E-state index is 10.4. The van der Waals surface area contributed by atoms with Crippen LogP contribution in [0.4, 0.5) is 0 Å². The van der Waals surface area contributed by atoms with E-state index in [1.807, 2.05) is 6.92 Å². The molecule has 0 aliphatic carbocycles. The lowest BCUT2D eigenvalue weighted by molar-refractivity contribution is -0.137. The largest absolute Gasteiger partial charge is 0.481 e. The van der Waals surface area contributed by atoms with E-state index >= 15 is 0 Å². The van der Waals surface area contributed by atoms with E-state index in [-0.39, 0.29) is 24.7 Å². The summed E-state index contributed by atoms with van der Waals surface area (Å²) in [5.74, 6) is -0.717. The van der Waals surface area contributed by atoms with Gasteiger partial charge < -0.3 is 19.7 Å². The fraction of sp³-hybridized carbons (Fsp3) is 0.950. The van der Waals surface area contributed by atoms with Crippen LogP contribution in [-0.2, 0) is 14.3 Å². The molecule has 25 heavy (non-hydrogen) atoms. The number of carbonyl (C=O) groups is 1. The van der Waals surface area contributed by atoms with Crippen molar-refractivity contribution in [2.24, 2.45) is 0 Å². The predicted molar refractivity (Wildman–Crippen MR) is 98.8 cm³/mol. The molecule has 4 atom stereocenters. The molecule has 0 aromatic carbocycles. The minimum atomic E-state index is -0.717. The van der Waals surface area contributed by atoms with E-state index in [0.717, 1.165) is 57.8 Å². The third-order valence-corrected chi connectivity index (χ3v) is 5.02. The average Bonchev–Trinajstić information content (AvgIpc) is 2.97. The van der Waals surface area contributed by atoms with Gasteiger partial charge in [-0.25, -0.2) is 0 Å². The fourth-order valence-corrected chi connectivity index (χ4v) is 3.58. The van der Waals surface area contributed by atoms with Crippen molar-refractivity contribution >= 4 is 5.97 Å². The number of rotatable bonds is 15. The van der Waals surface area contributed by atoms with Crippen molar-refractivity contribution in [2.75, 3.05) is 6.61 Å². The minimum absolute atomic E-state index is 0.102. The summed E-state index contributed by atoms with van der Waals surface area (Å²) in [6.07, 6.45) is 10.9. The van der Waals surface area contributed by atoms with Gasteiger partial charge in [-0.1, -0.05) is 51.9 Å². The molecule has 1 heterocycles. The number of aliphatic hydroxyl groups is 1. The predicted octanol–water partition coefficient (Wildman–Crippen LogP) is 4.31. The van der Waals surface area contributed by atoms with Gasteiger partial charge in [0.25, 0.3) is 0 Å². The maximum Gasteiger partial charge on any atom is 0.303 e. The first-order valence-electron chi connectivity index (χ1n) is 10.2. The van der Waals surface area contributed by atoms with Gasteiger partial charge in [-0.15, -0.1) is 0 Å². The molecule has 0 radical (unpaired) electrons. The summed E-state index contributed by atoms with van der Waals surface area (Å²) in [5.41, 5.74) is 0. The second kappa shape index (κ2) is 13.5. The number of hydrogen-bond acceptors (Lipinski definition) is 4. The molecule has 1 rings (SSSR count). The van der Waals surface area contributed by atoms with Crippen LogP contribution in [0.2, 0.25) is 0 Å².